The van der Waals surface area contributed by atoms with Crippen molar-refractivity contribution in [2.24, 2.45) is 5.41 Å². The molecule has 1 heterocycles. The van der Waals surface area contributed by atoms with Gasteiger partial charge in [0.1, 0.15) is 20.1 Å². The van der Waals surface area contributed by atoms with Crippen LogP contribution in [0.5, 0.6) is 0 Å². The Hall–Kier alpha value is -0.850. The van der Waals surface area contributed by atoms with Gasteiger partial charge >= 0.3 is 0 Å². The van der Waals surface area contributed by atoms with Crippen LogP contribution >= 0.6 is 23.2 Å². The normalized spacial score (nSPS) is 16.8. The Balaban J connectivity index is 1.99. The molecule has 1 aliphatic rings. The van der Waals surface area contributed by atoms with E-state index in [0.717, 1.165) is 12.8 Å². The molecule has 0 saturated heterocycles. The van der Waals surface area contributed by atoms with E-state index in [1.165, 1.54) is 18.4 Å². The Morgan fingerprint density at radius 1 is 1.35 bits per heavy atom. The molecule has 2 rings (SSSR count). The lowest BCUT2D eigenvalue weighted by molar-refractivity contribution is 0.0946. The van der Waals surface area contributed by atoms with Crippen LogP contribution in [0.1, 0.15) is 23.2 Å². The molecule has 1 fully saturated rings. The first kappa shape index (κ1) is 15.5. The van der Waals surface area contributed by atoms with Gasteiger partial charge in [-0.15, -0.1) is 0 Å². The Morgan fingerprint density at radius 3 is 2.35 bits per heavy atom. The monoisotopic (exact) mass is 336 g/mol. The lowest BCUT2D eigenvalue weighted by atomic mass is 10.1. The van der Waals surface area contributed by atoms with Gasteiger partial charge in [0.25, 0.3) is 5.91 Å². The van der Waals surface area contributed by atoms with Crippen LogP contribution < -0.4 is 5.32 Å². The molecule has 1 N–H and O–H groups in total. The average Bonchev–Trinajstić information content (AvgIpc) is 3.02. The zero-order valence-corrected chi connectivity index (χ0v) is 13.1. The van der Waals surface area contributed by atoms with Gasteiger partial charge in [-0.3, -0.25) is 4.79 Å². The minimum atomic E-state index is -3.05. The van der Waals surface area contributed by atoms with Gasteiger partial charge in [-0.1, -0.05) is 23.2 Å². The van der Waals surface area contributed by atoms with Crippen molar-refractivity contribution in [2.45, 2.75) is 12.8 Å². The van der Waals surface area contributed by atoms with Gasteiger partial charge in [0, 0.05) is 23.8 Å². The van der Waals surface area contributed by atoms with Crippen LogP contribution in [0.4, 0.5) is 0 Å². The molecule has 5 nitrogen and oxygen atoms in total. The summed E-state index contributed by atoms with van der Waals surface area (Å²) in [5.74, 6) is -0.242. The number of carbonyl (C=O) groups is 1. The molecule has 0 unspecified atom stereocenters. The van der Waals surface area contributed by atoms with E-state index in [-0.39, 0.29) is 27.4 Å². The summed E-state index contributed by atoms with van der Waals surface area (Å²) in [6.07, 6.45) is 2.81. The Morgan fingerprint density at radius 2 is 1.90 bits per heavy atom. The number of hydrogen-bond acceptors (Lipinski definition) is 4. The molecule has 1 amide bonds. The quantitative estimate of drug-likeness (QED) is 0.833. The third-order valence-corrected chi connectivity index (χ3v) is 4.70. The van der Waals surface area contributed by atoms with Crippen molar-refractivity contribution in [2.75, 3.05) is 18.6 Å². The number of sulfone groups is 1. The maximum absolute atomic E-state index is 12.0. The summed E-state index contributed by atoms with van der Waals surface area (Å²) in [4.78, 5) is 15.7. The molecule has 0 aliphatic heterocycles. The summed E-state index contributed by atoms with van der Waals surface area (Å²) in [7, 11) is -3.05. The molecular weight excluding hydrogens is 323 g/mol. The van der Waals surface area contributed by atoms with E-state index >= 15 is 0 Å². The highest BCUT2D eigenvalue weighted by atomic mass is 35.5. The molecule has 0 aromatic carbocycles. The topological polar surface area (TPSA) is 76.1 Å². The third-order valence-electron chi connectivity index (χ3n) is 3.17. The van der Waals surface area contributed by atoms with E-state index < -0.39 is 9.84 Å². The Labute approximate surface area is 127 Å². The van der Waals surface area contributed by atoms with Crippen LogP contribution in [-0.4, -0.2) is 37.9 Å². The number of carbonyl (C=O) groups excluding carboxylic acids is 1. The molecule has 1 aliphatic carbocycles. The van der Waals surface area contributed by atoms with Gasteiger partial charge in [0.15, 0.2) is 0 Å². The molecule has 0 spiro atoms. The second kappa shape index (κ2) is 5.50. The lowest BCUT2D eigenvalue weighted by Gasteiger charge is -2.15. The minimum Gasteiger partial charge on any atom is -0.351 e. The average molecular weight is 337 g/mol. The van der Waals surface area contributed by atoms with Crippen molar-refractivity contribution in [3.63, 3.8) is 0 Å². The molecule has 1 saturated carbocycles. The first-order chi connectivity index (χ1) is 9.19. The summed E-state index contributed by atoms with van der Waals surface area (Å²) in [6.45, 7) is 0.330. The molecule has 1 aromatic rings. The number of hydrogen-bond donors (Lipinski definition) is 1. The molecule has 110 valence electrons. The summed E-state index contributed by atoms with van der Waals surface area (Å²) in [5.41, 5.74) is -0.00528. The second-order valence-corrected chi connectivity index (χ2v) is 8.17. The summed E-state index contributed by atoms with van der Waals surface area (Å²) >= 11 is 11.5. The number of rotatable bonds is 5. The molecule has 20 heavy (non-hydrogen) atoms. The van der Waals surface area contributed by atoms with Crippen molar-refractivity contribution >= 4 is 38.9 Å². The number of nitrogens with one attached hydrogen (secondary N) is 1. The van der Waals surface area contributed by atoms with Gasteiger partial charge in [-0.2, -0.15) is 0 Å². The van der Waals surface area contributed by atoms with Crippen LogP contribution in [-0.2, 0) is 9.84 Å². The number of aromatic nitrogens is 1. The molecule has 1 aromatic heterocycles. The Bertz CT molecular complexity index is 622. The van der Waals surface area contributed by atoms with Crippen LogP contribution in [0.15, 0.2) is 12.1 Å². The number of pyridine rings is 1. The molecule has 0 bridgehead atoms. The maximum Gasteiger partial charge on any atom is 0.251 e. The highest BCUT2D eigenvalue weighted by molar-refractivity contribution is 7.90. The van der Waals surface area contributed by atoms with Crippen molar-refractivity contribution < 1.29 is 13.2 Å². The predicted molar refractivity (Wildman–Crippen MR) is 78.0 cm³/mol. The van der Waals surface area contributed by atoms with Crippen molar-refractivity contribution in [1.29, 1.82) is 0 Å². The minimum absolute atomic E-state index is 0.0954. The summed E-state index contributed by atoms with van der Waals surface area (Å²) in [5, 5.41) is 3.01. The van der Waals surface area contributed by atoms with Crippen LogP contribution in [0.2, 0.25) is 10.3 Å². The fourth-order valence-electron chi connectivity index (χ4n) is 2.07. The maximum atomic E-state index is 12.0. The van der Waals surface area contributed by atoms with Crippen molar-refractivity contribution in [1.82, 2.24) is 10.3 Å². The molecule has 8 heteroatoms. The molecule has 0 atom stereocenters. The van der Waals surface area contributed by atoms with Gasteiger partial charge in [-0.25, -0.2) is 13.4 Å². The summed E-state index contributed by atoms with van der Waals surface area (Å²) < 4.78 is 22.7. The van der Waals surface area contributed by atoms with Gasteiger partial charge in [0.2, 0.25) is 0 Å². The van der Waals surface area contributed by atoms with E-state index in [4.69, 9.17) is 23.2 Å². The van der Waals surface area contributed by atoms with E-state index in [1.54, 1.807) is 0 Å². The predicted octanol–water partition coefficient (Wildman–Crippen LogP) is 1.94. The Kier molecular flexibility index (Phi) is 4.27. The first-order valence-corrected chi connectivity index (χ1v) is 8.80. The standard InChI is InChI=1S/C12H14Cl2N2O3S/c1-20(18,19)7-12(2-3-12)6-15-11(17)8-4-9(13)16-10(14)5-8/h4-5H,2-3,6-7H2,1H3,(H,15,17). The van der Waals surface area contributed by atoms with Crippen LogP contribution in [0.25, 0.3) is 0 Å². The largest absolute Gasteiger partial charge is 0.351 e. The van der Waals surface area contributed by atoms with Crippen molar-refractivity contribution in [3.8, 4) is 0 Å². The fraction of sp³-hybridized carbons (Fsp3) is 0.500. The SMILES string of the molecule is CS(=O)(=O)CC1(CNC(=O)c2cc(Cl)nc(Cl)c2)CC1. The third kappa shape index (κ3) is 4.33. The zero-order chi connectivity index (χ0) is 15.0. The zero-order valence-electron chi connectivity index (χ0n) is 10.8. The van der Waals surface area contributed by atoms with E-state index in [0.29, 0.717) is 12.1 Å². The highest BCUT2D eigenvalue weighted by Gasteiger charge is 2.45. The van der Waals surface area contributed by atoms with Crippen LogP contribution in [0, 0.1) is 5.41 Å². The number of nitrogens with zero attached hydrogens (tertiary/aromatic N) is 1. The van der Waals surface area contributed by atoms with E-state index in [2.05, 4.69) is 10.3 Å². The lowest BCUT2D eigenvalue weighted by Crippen LogP contribution is -2.33. The first-order valence-electron chi connectivity index (χ1n) is 5.98. The van der Waals surface area contributed by atoms with Crippen molar-refractivity contribution in [3.05, 3.63) is 28.0 Å². The van der Waals surface area contributed by atoms with Crippen LogP contribution in [0.3, 0.4) is 0 Å². The van der Waals surface area contributed by atoms with Gasteiger partial charge in [0.05, 0.1) is 5.75 Å². The molecular formula is C12H14Cl2N2O3S. The fourth-order valence-corrected chi connectivity index (χ4v) is 4.03. The summed E-state index contributed by atoms with van der Waals surface area (Å²) in [6, 6.07) is 2.83. The highest BCUT2D eigenvalue weighted by Crippen LogP contribution is 2.46. The smallest absolute Gasteiger partial charge is 0.251 e. The van der Waals surface area contributed by atoms with E-state index in [1.807, 2.05) is 0 Å². The van der Waals surface area contributed by atoms with Gasteiger partial charge in [-0.05, 0) is 25.0 Å². The number of amides is 1. The van der Waals surface area contributed by atoms with E-state index in [9.17, 15) is 13.2 Å². The second-order valence-electron chi connectivity index (χ2n) is 5.25. The molecule has 0 radical (unpaired) electrons. The van der Waals surface area contributed by atoms with Gasteiger partial charge < -0.3 is 5.32 Å². The number of halogens is 2.